The van der Waals surface area contributed by atoms with Gasteiger partial charge in [-0.1, -0.05) is 17.3 Å². The minimum Gasteiger partial charge on any atom is -0.497 e. The van der Waals surface area contributed by atoms with Crippen LogP contribution in [-0.2, 0) is 4.84 Å². The van der Waals surface area contributed by atoms with Crippen LogP contribution in [0.4, 0.5) is 5.69 Å². The van der Waals surface area contributed by atoms with E-state index in [0.29, 0.717) is 0 Å². The summed E-state index contributed by atoms with van der Waals surface area (Å²) < 4.78 is 10.7. The molecular formula is C22H27N3O3. The zero-order valence-corrected chi connectivity index (χ0v) is 16.5. The van der Waals surface area contributed by atoms with Gasteiger partial charge in [0, 0.05) is 39.1 Å². The standard InChI is InChI=1S/C22H27N3O3/c1-26-18-9-7-17(8-10-18)20-15-19(28-23-20)16-24-11-13-25(14-12-24)21-5-3-4-6-22(21)27-2/h3-10,19H,11-16H2,1-2H3. The van der Waals surface area contributed by atoms with Crippen molar-refractivity contribution in [2.45, 2.75) is 12.5 Å². The topological polar surface area (TPSA) is 46.5 Å². The molecule has 1 atom stereocenters. The Morgan fingerprint density at radius 2 is 1.71 bits per heavy atom. The molecule has 1 fully saturated rings. The lowest BCUT2D eigenvalue weighted by atomic mass is 10.0. The van der Waals surface area contributed by atoms with Gasteiger partial charge in [0.2, 0.25) is 0 Å². The molecular weight excluding hydrogens is 354 g/mol. The van der Waals surface area contributed by atoms with Crippen LogP contribution >= 0.6 is 0 Å². The van der Waals surface area contributed by atoms with Gasteiger partial charge in [0.25, 0.3) is 0 Å². The summed E-state index contributed by atoms with van der Waals surface area (Å²) in [5.74, 6) is 1.79. The van der Waals surface area contributed by atoms with E-state index in [1.165, 1.54) is 5.69 Å². The Hall–Kier alpha value is -2.73. The molecule has 4 rings (SSSR count). The fourth-order valence-electron chi connectivity index (χ4n) is 3.83. The number of anilines is 1. The van der Waals surface area contributed by atoms with Crippen LogP contribution in [0.1, 0.15) is 12.0 Å². The summed E-state index contributed by atoms with van der Waals surface area (Å²) >= 11 is 0. The van der Waals surface area contributed by atoms with Gasteiger partial charge in [-0.05, 0) is 42.0 Å². The van der Waals surface area contributed by atoms with Crippen LogP contribution in [0.3, 0.4) is 0 Å². The first-order chi connectivity index (χ1) is 13.8. The first-order valence-electron chi connectivity index (χ1n) is 9.74. The average Bonchev–Trinajstić information content (AvgIpc) is 3.23. The lowest BCUT2D eigenvalue weighted by Gasteiger charge is -2.37. The molecule has 0 N–H and O–H groups in total. The van der Waals surface area contributed by atoms with E-state index in [-0.39, 0.29) is 6.10 Å². The molecule has 6 nitrogen and oxygen atoms in total. The van der Waals surface area contributed by atoms with Crippen LogP contribution in [0.25, 0.3) is 0 Å². The number of para-hydroxylation sites is 2. The first-order valence-corrected chi connectivity index (χ1v) is 9.74. The molecule has 0 saturated carbocycles. The van der Waals surface area contributed by atoms with Gasteiger partial charge in [0.05, 0.1) is 25.6 Å². The number of piperazine rings is 1. The molecule has 1 unspecified atom stereocenters. The molecule has 0 bridgehead atoms. The molecule has 6 heteroatoms. The number of benzene rings is 2. The summed E-state index contributed by atoms with van der Waals surface area (Å²) in [4.78, 5) is 10.6. The number of methoxy groups -OCH3 is 2. The van der Waals surface area contributed by atoms with Crippen molar-refractivity contribution in [1.29, 1.82) is 0 Å². The summed E-state index contributed by atoms with van der Waals surface area (Å²) in [5.41, 5.74) is 3.29. The van der Waals surface area contributed by atoms with Crippen LogP contribution in [0.2, 0.25) is 0 Å². The molecule has 2 aliphatic rings. The van der Waals surface area contributed by atoms with Crippen LogP contribution in [0.15, 0.2) is 53.7 Å². The number of rotatable bonds is 6. The molecule has 0 aliphatic carbocycles. The Balaban J connectivity index is 1.28. The Kier molecular flexibility index (Phi) is 5.67. The van der Waals surface area contributed by atoms with E-state index < -0.39 is 0 Å². The van der Waals surface area contributed by atoms with Crippen molar-refractivity contribution in [3.8, 4) is 11.5 Å². The van der Waals surface area contributed by atoms with Crippen molar-refractivity contribution in [1.82, 2.24) is 4.90 Å². The predicted octanol–water partition coefficient (Wildman–Crippen LogP) is 3.02. The second-order valence-electron chi connectivity index (χ2n) is 7.16. The van der Waals surface area contributed by atoms with E-state index in [4.69, 9.17) is 14.3 Å². The summed E-state index contributed by atoms with van der Waals surface area (Å²) in [7, 11) is 3.40. The minimum absolute atomic E-state index is 0.120. The molecule has 148 valence electrons. The zero-order valence-electron chi connectivity index (χ0n) is 16.5. The summed E-state index contributed by atoms with van der Waals surface area (Å²) in [5, 5.41) is 4.32. The quantitative estimate of drug-likeness (QED) is 0.770. The van der Waals surface area contributed by atoms with Crippen molar-refractivity contribution in [3.05, 3.63) is 54.1 Å². The maximum absolute atomic E-state index is 5.71. The molecule has 2 heterocycles. The molecule has 1 saturated heterocycles. The highest BCUT2D eigenvalue weighted by Gasteiger charge is 2.27. The highest BCUT2D eigenvalue weighted by Crippen LogP contribution is 2.28. The predicted molar refractivity (Wildman–Crippen MR) is 111 cm³/mol. The van der Waals surface area contributed by atoms with Crippen molar-refractivity contribution < 1.29 is 14.3 Å². The molecule has 2 aromatic rings. The molecule has 0 aromatic heterocycles. The van der Waals surface area contributed by atoms with E-state index in [2.05, 4.69) is 27.1 Å². The number of ether oxygens (including phenoxy) is 2. The minimum atomic E-state index is 0.120. The lowest BCUT2D eigenvalue weighted by molar-refractivity contribution is 0.0510. The fourth-order valence-corrected chi connectivity index (χ4v) is 3.83. The van der Waals surface area contributed by atoms with E-state index in [9.17, 15) is 0 Å². The second kappa shape index (κ2) is 8.52. The van der Waals surface area contributed by atoms with Gasteiger partial charge in [-0.3, -0.25) is 4.90 Å². The second-order valence-corrected chi connectivity index (χ2v) is 7.16. The normalized spacial score (nSPS) is 19.9. The SMILES string of the molecule is COc1ccc(C2=NOC(CN3CCN(c4ccccc4OC)CC3)C2)cc1. The fraction of sp³-hybridized carbons (Fsp3) is 0.409. The lowest BCUT2D eigenvalue weighted by Crippen LogP contribution is -2.48. The van der Waals surface area contributed by atoms with Crippen LogP contribution in [-0.4, -0.2) is 63.7 Å². The van der Waals surface area contributed by atoms with Crippen LogP contribution in [0, 0.1) is 0 Å². The van der Waals surface area contributed by atoms with Gasteiger partial charge in [0.1, 0.15) is 17.6 Å². The Morgan fingerprint density at radius 3 is 2.43 bits per heavy atom. The maximum Gasteiger partial charge on any atom is 0.145 e. The maximum atomic E-state index is 5.71. The highest BCUT2D eigenvalue weighted by molar-refractivity contribution is 6.01. The van der Waals surface area contributed by atoms with Crippen LogP contribution in [0.5, 0.6) is 11.5 Å². The Morgan fingerprint density at radius 1 is 0.964 bits per heavy atom. The van der Waals surface area contributed by atoms with Gasteiger partial charge >= 0.3 is 0 Å². The van der Waals surface area contributed by atoms with Crippen molar-refractivity contribution in [3.63, 3.8) is 0 Å². The summed E-state index contributed by atoms with van der Waals surface area (Å²) in [6, 6.07) is 16.2. The molecule has 28 heavy (non-hydrogen) atoms. The van der Waals surface area contributed by atoms with E-state index >= 15 is 0 Å². The summed E-state index contributed by atoms with van der Waals surface area (Å²) in [6.07, 6.45) is 0.967. The Bertz CT molecular complexity index is 814. The van der Waals surface area contributed by atoms with Crippen molar-refractivity contribution in [2.75, 3.05) is 51.8 Å². The number of hydrogen-bond acceptors (Lipinski definition) is 6. The summed E-state index contributed by atoms with van der Waals surface area (Å²) in [6.45, 7) is 4.90. The molecule has 2 aromatic carbocycles. The van der Waals surface area contributed by atoms with E-state index in [0.717, 1.165) is 61.9 Å². The smallest absolute Gasteiger partial charge is 0.145 e. The monoisotopic (exact) mass is 381 g/mol. The van der Waals surface area contributed by atoms with E-state index in [1.807, 2.05) is 36.4 Å². The highest BCUT2D eigenvalue weighted by atomic mass is 16.6. The van der Waals surface area contributed by atoms with Gasteiger partial charge in [-0.25, -0.2) is 0 Å². The number of hydrogen-bond donors (Lipinski definition) is 0. The number of oxime groups is 1. The van der Waals surface area contributed by atoms with Gasteiger partial charge in [-0.2, -0.15) is 0 Å². The third-order valence-corrected chi connectivity index (χ3v) is 5.42. The van der Waals surface area contributed by atoms with E-state index in [1.54, 1.807) is 14.2 Å². The molecule has 0 spiro atoms. The largest absolute Gasteiger partial charge is 0.497 e. The van der Waals surface area contributed by atoms with Gasteiger partial charge in [-0.15, -0.1) is 0 Å². The number of nitrogens with zero attached hydrogens (tertiary/aromatic N) is 3. The average molecular weight is 381 g/mol. The zero-order chi connectivity index (χ0) is 19.3. The third kappa shape index (κ3) is 4.07. The van der Waals surface area contributed by atoms with Crippen molar-refractivity contribution >= 4 is 11.4 Å². The molecule has 0 amide bonds. The van der Waals surface area contributed by atoms with Crippen LogP contribution < -0.4 is 14.4 Å². The van der Waals surface area contributed by atoms with Gasteiger partial charge in [0.15, 0.2) is 0 Å². The Labute approximate surface area is 166 Å². The van der Waals surface area contributed by atoms with Crippen molar-refractivity contribution in [2.24, 2.45) is 5.16 Å². The first kappa shape index (κ1) is 18.6. The van der Waals surface area contributed by atoms with Gasteiger partial charge < -0.3 is 19.2 Å². The molecule has 0 radical (unpaired) electrons. The third-order valence-electron chi connectivity index (χ3n) is 5.42. The molecule has 2 aliphatic heterocycles.